The maximum absolute atomic E-state index is 2.37. The third kappa shape index (κ3) is 6.14. The van der Waals surface area contributed by atoms with Crippen LogP contribution in [0.25, 0.3) is 72.0 Å². The van der Waals surface area contributed by atoms with Gasteiger partial charge in [-0.25, -0.2) is 0 Å². The summed E-state index contributed by atoms with van der Waals surface area (Å²) in [6, 6.07) is 83.0. The van der Waals surface area contributed by atoms with Gasteiger partial charge in [0.2, 0.25) is 0 Å². The van der Waals surface area contributed by atoms with Crippen LogP contribution < -0.4 is 4.90 Å². The molecule has 0 saturated carbocycles. The van der Waals surface area contributed by atoms with Crippen LogP contribution >= 0.6 is 0 Å². The van der Waals surface area contributed by atoms with E-state index in [-0.39, 0.29) is 0 Å². The second-order valence-corrected chi connectivity index (χ2v) is 14.2. The third-order valence-electron chi connectivity index (χ3n) is 10.8. The number of aromatic nitrogens is 1. The number of rotatable bonds is 8. The molecule has 0 radical (unpaired) electrons. The van der Waals surface area contributed by atoms with E-state index in [0.717, 1.165) is 22.7 Å². The minimum Gasteiger partial charge on any atom is -0.310 e. The zero-order valence-corrected chi connectivity index (χ0v) is 30.8. The first-order chi connectivity index (χ1) is 27.8. The fourth-order valence-corrected chi connectivity index (χ4v) is 8.12. The molecular weight excluding hydrogens is 677 g/mol. The Morgan fingerprint density at radius 1 is 0.268 bits per heavy atom. The molecule has 0 bridgehead atoms. The van der Waals surface area contributed by atoms with Gasteiger partial charge in [-0.3, -0.25) is 0 Å². The summed E-state index contributed by atoms with van der Waals surface area (Å²) in [6.45, 7) is 0. The molecule has 0 N–H and O–H groups in total. The lowest BCUT2D eigenvalue weighted by atomic mass is 9.94. The van der Waals surface area contributed by atoms with Gasteiger partial charge < -0.3 is 9.47 Å². The highest BCUT2D eigenvalue weighted by Gasteiger charge is 2.17. The molecule has 264 valence electrons. The van der Waals surface area contributed by atoms with Gasteiger partial charge in [0.1, 0.15) is 0 Å². The van der Waals surface area contributed by atoms with Crippen molar-refractivity contribution in [3.05, 3.63) is 231 Å². The van der Waals surface area contributed by atoms with E-state index in [9.17, 15) is 0 Å². The number of fused-ring (bicyclic) bond motifs is 3. The molecule has 0 saturated heterocycles. The van der Waals surface area contributed by atoms with Crippen molar-refractivity contribution in [3.8, 4) is 50.2 Å². The number of anilines is 3. The van der Waals surface area contributed by atoms with Gasteiger partial charge >= 0.3 is 0 Å². The van der Waals surface area contributed by atoms with Crippen molar-refractivity contribution in [2.75, 3.05) is 4.90 Å². The molecule has 0 spiro atoms. The average molecular weight is 715 g/mol. The summed E-state index contributed by atoms with van der Waals surface area (Å²) in [6.07, 6.45) is 0. The van der Waals surface area contributed by atoms with Crippen LogP contribution in [0.15, 0.2) is 231 Å². The van der Waals surface area contributed by atoms with Crippen molar-refractivity contribution >= 4 is 38.9 Å². The Kier molecular flexibility index (Phi) is 8.55. The monoisotopic (exact) mass is 714 g/mol. The van der Waals surface area contributed by atoms with E-state index in [1.807, 2.05) is 0 Å². The lowest BCUT2D eigenvalue weighted by Gasteiger charge is -2.27. The number of para-hydroxylation sites is 2. The van der Waals surface area contributed by atoms with Gasteiger partial charge in [0.05, 0.1) is 11.0 Å². The van der Waals surface area contributed by atoms with Crippen molar-refractivity contribution in [1.29, 1.82) is 0 Å². The van der Waals surface area contributed by atoms with Gasteiger partial charge in [0.15, 0.2) is 0 Å². The van der Waals surface area contributed by atoms with E-state index >= 15 is 0 Å². The Hall–Kier alpha value is -7.42. The van der Waals surface area contributed by atoms with Gasteiger partial charge in [-0.05, 0) is 105 Å². The largest absolute Gasteiger partial charge is 0.310 e. The molecule has 0 amide bonds. The maximum atomic E-state index is 2.37. The maximum Gasteiger partial charge on any atom is 0.0541 e. The standard InChI is InChI=1S/C54H38N2/c1-3-15-39(16-4-1)43-19-13-21-47(37-43)55(48-22-14-20-44(38-48)40-17-5-2-6-18-40)45-33-29-41(30-34-45)49-23-7-8-24-50(49)42-31-35-46(36-32-42)56-53-27-11-9-25-51(53)52-26-10-12-28-54(52)56/h1-38H. The highest BCUT2D eigenvalue weighted by molar-refractivity contribution is 6.09. The van der Waals surface area contributed by atoms with Crippen molar-refractivity contribution in [2.24, 2.45) is 0 Å². The smallest absolute Gasteiger partial charge is 0.0541 e. The molecule has 1 heterocycles. The molecule has 0 aliphatic carbocycles. The topological polar surface area (TPSA) is 8.17 Å². The molecular formula is C54H38N2. The van der Waals surface area contributed by atoms with Crippen LogP contribution in [0.1, 0.15) is 0 Å². The molecule has 10 aromatic rings. The van der Waals surface area contributed by atoms with Crippen LogP contribution in [0.4, 0.5) is 17.1 Å². The van der Waals surface area contributed by atoms with Gasteiger partial charge in [-0.1, -0.05) is 170 Å². The van der Waals surface area contributed by atoms with Crippen molar-refractivity contribution in [2.45, 2.75) is 0 Å². The number of benzene rings is 9. The van der Waals surface area contributed by atoms with Crippen LogP contribution in [0.3, 0.4) is 0 Å². The summed E-state index contributed by atoms with van der Waals surface area (Å²) in [5.41, 5.74) is 16.4. The zero-order chi connectivity index (χ0) is 37.3. The molecule has 56 heavy (non-hydrogen) atoms. The van der Waals surface area contributed by atoms with Crippen molar-refractivity contribution in [3.63, 3.8) is 0 Å². The normalized spacial score (nSPS) is 11.2. The number of hydrogen-bond donors (Lipinski definition) is 0. The lowest BCUT2D eigenvalue weighted by Crippen LogP contribution is -2.10. The molecule has 2 nitrogen and oxygen atoms in total. The second kappa shape index (κ2) is 14.4. The summed E-state index contributed by atoms with van der Waals surface area (Å²) < 4.78 is 2.37. The third-order valence-corrected chi connectivity index (χ3v) is 10.8. The minimum absolute atomic E-state index is 1.09. The zero-order valence-electron chi connectivity index (χ0n) is 30.8. The molecule has 2 heteroatoms. The fourth-order valence-electron chi connectivity index (χ4n) is 8.12. The van der Waals surface area contributed by atoms with E-state index in [1.54, 1.807) is 0 Å². The van der Waals surface area contributed by atoms with E-state index in [2.05, 4.69) is 240 Å². The quantitative estimate of drug-likeness (QED) is 0.152. The van der Waals surface area contributed by atoms with Crippen LogP contribution in [-0.4, -0.2) is 4.57 Å². The Balaban J connectivity index is 1.02. The summed E-state index contributed by atoms with van der Waals surface area (Å²) in [5.74, 6) is 0. The van der Waals surface area contributed by atoms with Crippen LogP contribution in [0.2, 0.25) is 0 Å². The molecule has 0 atom stereocenters. The van der Waals surface area contributed by atoms with Gasteiger partial charge in [-0.2, -0.15) is 0 Å². The lowest BCUT2D eigenvalue weighted by molar-refractivity contribution is 1.18. The van der Waals surface area contributed by atoms with Gasteiger partial charge in [0, 0.05) is 33.5 Å². The first kappa shape index (κ1) is 33.2. The molecule has 1 aromatic heterocycles. The minimum atomic E-state index is 1.09. The molecule has 0 unspecified atom stereocenters. The second-order valence-electron chi connectivity index (χ2n) is 14.2. The van der Waals surface area contributed by atoms with E-state index in [1.165, 1.54) is 66.3 Å². The Morgan fingerprint density at radius 2 is 0.679 bits per heavy atom. The summed E-state index contributed by atoms with van der Waals surface area (Å²) >= 11 is 0. The predicted octanol–water partition coefficient (Wildman–Crippen LogP) is 14.9. The molecule has 0 aliphatic rings. The van der Waals surface area contributed by atoms with Crippen LogP contribution in [0.5, 0.6) is 0 Å². The molecule has 0 aliphatic heterocycles. The van der Waals surface area contributed by atoms with Crippen molar-refractivity contribution < 1.29 is 0 Å². The fraction of sp³-hybridized carbons (Fsp3) is 0. The van der Waals surface area contributed by atoms with E-state index < -0.39 is 0 Å². The van der Waals surface area contributed by atoms with Gasteiger partial charge in [0.25, 0.3) is 0 Å². The summed E-state index contributed by atoms with van der Waals surface area (Å²) in [4.78, 5) is 2.36. The van der Waals surface area contributed by atoms with Crippen LogP contribution in [-0.2, 0) is 0 Å². The summed E-state index contributed by atoms with van der Waals surface area (Å²) in [7, 11) is 0. The van der Waals surface area contributed by atoms with Crippen molar-refractivity contribution in [1.82, 2.24) is 4.57 Å². The number of nitrogens with zero attached hydrogens (tertiary/aromatic N) is 2. The first-order valence-electron chi connectivity index (χ1n) is 19.2. The SMILES string of the molecule is c1ccc(-c2cccc(N(c3ccc(-c4ccccc4-c4ccc(-n5c6ccccc6c6ccccc65)cc4)cc3)c3cccc(-c4ccccc4)c3)c2)cc1. The first-order valence-corrected chi connectivity index (χ1v) is 19.2. The molecule has 9 aromatic carbocycles. The van der Waals surface area contributed by atoms with Gasteiger partial charge in [-0.15, -0.1) is 0 Å². The molecule has 10 rings (SSSR count). The number of hydrogen-bond acceptors (Lipinski definition) is 1. The Morgan fingerprint density at radius 3 is 1.18 bits per heavy atom. The Labute approximate surface area is 327 Å². The highest BCUT2D eigenvalue weighted by atomic mass is 15.1. The Bertz CT molecular complexity index is 2810. The predicted molar refractivity (Wildman–Crippen MR) is 237 cm³/mol. The molecule has 0 fully saturated rings. The van der Waals surface area contributed by atoms with Crippen LogP contribution in [0, 0.1) is 0 Å². The highest BCUT2D eigenvalue weighted by Crippen LogP contribution is 2.40. The van der Waals surface area contributed by atoms with E-state index in [0.29, 0.717) is 0 Å². The summed E-state index contributed by atoms with van der Waals surface area (Å²) in [5, 5.41) is 2.54. The average Bonchev–Trinajstić information content (AvgIpc) is 3.62. The van der Waals surface area contributed by atoms with E-state index in [4.69, 9.17) is 0 Å².